The molecule has 0 spiro atoms. The molecule has 0 unspecified atom stereocenters. The molecule has 0 atom stereocenters. The summed E-state index contributed by atoms with van der Waals surface area (Å²) in [5.74, 6) is -0.451. The quantitative estimate of drug-likeness (QED) is 0.602. The first-order valence-electron chi connectivity index (χ1n) is 8.76. The minimum atomic E-state index is -0.445. The molecule has 1 heterocycles. The number of aryl methyl sites for hydroxylation is 2. The van der Waals surface area contributed by atoms with Gasteiger partial charge in [0.2, 0.25) is 5.88 Å². The van der Waals surface area contributed by atoms with Gasteiger partial charge >= 0.3 is 5.97 Å². The van der Waals surface area contributed by atoms with E-state index in [1.54, 1.807) is 30.3 Å². The summed E-state index contributed by atoms with van der Waals surface area (Å²) in [6.07, 6.45) is 2.60. The molecule has 0 fully saturated rings. The number of carbonyl (C=O) groups is 1. The van der Waals surface area contributed by atoms with Crippen LogP contribution < -0.4 is 4.74 Å². The van der Waals surface area contributed by atoms with Crippen LogP contribution in [0.4, 0.5) is 4.39 Å². The third-order valence-electron chi connectivity index (χ3n) is 4.10. The Morgan fingerprint density at radius 1 is 1.08 bits per heavy atom. The summed E-state index contributed by atoms with van der Waals surface area (Å²) in [4.78, 5) is 12.5. The second-order valence-electron chi connectivity index (χ2n) is 6.05. The Hall–Kier alpha value is -2.95. The molecular formula is C21H21FN2O2. The molecule has 0 radical (unpaired) electrons. The number of carbonyl (C=O) groups excluding carboxylic acids is 1. The van der Waals surface area contributed by atoms with Gasteiger partial charge in [-0.1, -0.05) is 32.4 Å². The summed E-state index contributed by atoms with van der Waals surface area (Å²) >= 11 is 0. The average Bonchev–Trinajstić information content (AvgIpc) is 3.05. The van der Waals surface area contributed by atoms with Crippen LogP contribution in [0.2, 0.25) is 0 Å². The summed E-state index contributed by atoms with van der Waals surface area (Å²) < 4.78 is 20.3. The first kappa shape index (κ1) is 17.9. The Bertz CT molecular complexity index is 883. The lowest BCUT2D eigenvalue weighted by Crippen LogP contribution is -2.11. The number of nitrogens with zero attached hydrogens (tertiary/aromatic N) is 2. The Labute approximate surface area is 152 Å². The average molecular weight is 352 g/mol. The standard InChI is InChI=1S/C21H21FN2O2/c1-3-5-18-14-20(24(23-18)19-12-10-17(22)11-13-19)26-21(25)16-8-6-15(4-2)7-9-16/h6-14H,3-5H2,1-2H3. The van der Waals surface area contributed by atoms with Crippen LogP contribution in [0.15, 0.2) is 54.6 Å². The van der Waals surface area contributed by atoms with Crippen molar-refractivity contribution in [3.63, 3.8) is 0 Å². The van der Waals surface area contributed by atoms with E-state index in [9.17, 15) is 9.18 Å². The van der Waals surface area contributed by atoms with Gasteiger partial charge in [-0.25, -0.2) is 13.9 Å². The van der Waals surface area contributed by atoms with Crippen molar-refractivity contribution < 1.29 is 13.9 Å². The highest BCUT2D eigenvalue weighted by molar-refractivity contribution is 5.91. The van der Waals surface area contributed by atoms with E-state index in [0.29, 0.717) is 17.1 Å². The summed E-state index contributed by atoms with van der Waals surface area (Å²) in [5.41, 5.74) is 3.09. The van der Waals surface area contributed by atoms with Crippen LogP contribution in [0.3, 0.4) is 0 Å². The second-order valence-corrected chi connectivity index (χ2v) is 6.05. The van der Waals surface area contributed by atoms with Crippen LogP contribution in [0.1, 0.15) is 41.9 Å². The molecule has 1 aromatic heterocycles. The van der Waals surface area contributed by atoms with Crippen molar-refractivity contribution in [1.82, 2.24) is 9.78 Å². The molecule has 4 nitrogen and oxygen atoms in total. The molecule has 0 saturated heterocycles. The fourth-order valence-corrected chi connectivity index (χ4v) is 2.66. The number of rotatable bonds is 6. The Balaban J connectivity index is 1.89. The number of hydrogen-bond acceptors (Lipinski definition) is 3. The van der Waals surface area contributed by atoms with Gasteiger partial charge in [-0.2, -0.15) is 5.10 Å². The van der Waals surface area contributed by atoms with Gasteiger partial charge in [0.1, 0.15) is 5.82 Å². The van der Waals surface area contributed by atoms with E-state index >= 15 is 0 Å². The van der Waals surface area contributed by atoms with Crippen LogP contribution >= 0.6 is 0 Å². The van der Waals surface area contributed by atoms with Gasteiger partial charge in [0.05, 0.1) is 16.9 Å². The Kier molecular flexibility index (Phi) is 5.46. The normalized spacial score (nSPS) is 10.7. The van der Waals surface area contributed by atoms with E-state index in [-0.39, 0.29) is 5.82 Å². The maximum Gasteiger partial charge on any atom is 0.344 e. The van der Waals surface area contributed by atoms with Gasteiger partial charge in [-0.15, -0.1) is 0 Å². The van der Waals surface area contributed by atoms with Crippen molar-refractivity contribution in [3.8, 4) is 11.6 Å². The molecule has 3 rings (SSSR count). The van der Waals surface area contributed by atoms with Gasteiger partial charge in [0, 0.05) is 6.07 Å². The van der Waals surface area contributed by atoms with E-state index in [1.165, 1.54) is 16.8 Å². The first-order chi connectivity index (χ1) is 12.6. The molecule has 0 bridgehead atoms. The predicted molar refractivity (Wildman–Crippen MR) is 98.3 cm³/mol. The molecule has 0 aliphatic carbocycles. The van der Waals surface area contributed by atoms with Gasteiger partial charge < -0.3 is 4.74 Å². The van der Waals surface area contributed by atoms with Crippen LogP contribution in [0, 0.1) is 5.82 Å². The summed E-state index contributed by atoms with van der Waals surface area (Å²) in [7, 11) is 0. The minimum absolute atomic E-state index is 0.324. The Morgan fingerprint density at radius 2 is 1.77 bits per heavy atom. The maximum atomic E-state index is 13.2. The number of esters is 1. The SMILES string of the molecule is CCCc1cc(OC(=O)c2ccc(CC)cc2)n(-c2ccc(F)cc2)n1. The molecule has 5 heteroatoms. The number of halogens is 1. The Morgan fingerprint density at radius 3 is 2.38 bits per heavy atom. The fourth-order valence-electron chi connectivity index (χ4n) is 2.66. The summed E-state index contributed by atoms with van der Waals surface area (Å²) in [6, 6.07) is 15.0. The number of aromatic nitrogens is 2. The van der Waals surface area contributed by atoms with Crippen molar-refractivity contribution in [2.45, 2.75) is 33.1 Å². The van der Waals surface area contributed by atoms with Gasteiger partial charge in [-0.3, -0.25) is 0 Å². The van der Waals surface area contributed by atoms with Crippen molar-refractivity contribution in [1.29, 1.82) is 0 Å². The molecule has 0 aliphatic rings. The van der Waals surface area contributed by atoms with Crippen molar-refractivity contribution in [2.24, 2.45) is 0 Å². The zero-order valence-electron chi connectivity index (χ0n) is 14.9. The zero-order chi connectivity index (χ0) is 18.5. The molecule has 3 aromatic rings. The van der Waals surface area contributed by atoms with Crippen molar-refractivity contribution >= 4 is 5.97 Å². The minimum Gasteiger partial charge on any atom is -0.404 e. The summed E-state index contributed by atoms with van der Waals surface area (Å²) in [5, 5.41) is 4.49. The van der Waals surface area contributed by atoms with E-state index in [2.05, 4.69) is 18.9 Å². The van der Waals surface area contributed by atoms with Crippen LogP contribution in [-0.4, -0.2) is 15.7 Å². The lowest BCUT2D eigenvalue weighted by atomic mass is 10.1. The smallest absolute Gasteiger partial charge is 0.344 e. The topological polar surface area (TPSA) is 44.1 Å². The van der Waals surface area contributed by atoms with Gasteiger partial charge in [0.15, 0.2) is 0 Å². The maximum absolute atomic E-state index is 13.2. The number of hydrogen-bond donors (Lipinski definition) is 0. The number of ether oxygens (including phenoxy) is 1. The highest BCUT2D eigenvalue weighted by Gasteiger charge is 2.16. The zero-order valence-corrected chi connectivity index (χ0v) is 14.9. The van der Waals surface area contributed by atoms with Gasteiger partial charge in [0.25, 0.3) is 0 Å². The van der Waals surface area contributed by atoms with Crippen LogP contribution in [-0.2, 0) is 12.8 Å². The molecule has 0 amide bonds. The molecule has 0 aliphatic heterocycles. The summed E-state index contributed by atoms with van der Waals surface area (Å²) in [6.45, 7) is 4.11. The fraction of sp³-hybridized carbons (Fsp3) is 0.238. The molecule has 26 heavy (non-hydrogen) atoms. The lowest BCUT2D eigenvalue weighted by Gasteiger charge is -2.08. The molecule has 0 N–H and O–H groups in total. The molecular weight excluding hydrogens is 331 g/mol. The van der Waals surface area contributed by atoms with E-state index in [1.807, 2.05) is 12.1 Å². The largest absolute Gasteiger partial charge is 0.404 e. The van der Waals surface area contributed by atoms with Crippen LogP contribution in [0.5, 0.6) is 5.88 Å². The molecule has 134 valence electrons. The van der Waals surface area contributed by atoms with E-state index in [4.69, 9.17) is 4.74 Å². The second kappa shape index (κ2) is 7.95. The van der Waals surface area contributed by atoms with Crippen molar-refractivity contribution in [2.75, 3.05) is 0 Å². The first-order valence-corrected chi connectivity index (χ1v) is 8.76. The van der Waals surface area contributed by atoms with E-state index < -0.39 is 5.97 Å². The predicted octanol–water partition coefficient (Wildman–Crippen LogP) is 4.75. The van der Waals surface area contributed by atoms with Crippen molar-refractivity contribution in [3.05, 3.63) is 77.2 Å². The van der Waals surface area contributed by atoms with Crippen LogP contribution in [0.25, 0.3) is 5.69 Å². The lowest BCUT2D eigenvalue weighted by molar-refractivity contribution is 0.0723. The third-order valence-corrected chi connectivity index (χ3v) is 4.10. The third kappa shape index (κ3) is 3.99. The molecule has 0 saturated carbocycles. The highest BCUT2D eigenvalue weighted by atomic mass is 19.1. The van der Waals surface area contributed by atoms with Gasteiger partial charge in [-0.05, 0) is 54.8 Å². The number of benzene rings is 2. The highest BCUT2D eigenvalue weighted by Crippen LogP contribution is 2.22. The molecule has 2 aromatic carbocycles. The van der Waals surface area contributed by atoms with E-state index in [0.717, 1.165) is 30.5 Å². The monoisotopic (exact) mass is 352 g/mol.